The minimum absolute atomic E-state index is 0.0139. The van der Waals surface area contributed by atoms with E-state index < -0.39 is 6.04 Å². The molecule has 1 aliphatic heterocycles. The van der Waals surface area contributed by atoms with Crippen LogP contribution >= 0.6 is 0 Å². The second-order valence-electron chi connectivity index (χ2n) is 4.29. The van der Waals surface area contributed by atoms with Crippen molar-refractivity contribution in [1.82, 2.24) is 0 Å². The molecule has 0 saturated carbocycles. The van der Waals surface area contributed by atoms with Gasteiger partial charge in [-0.05, 0) is 0 Å². The number of rotatable bonds is 3. The quantitative estimate of drug-likeness (QED) is 0.482. The van der Waals surface area contributed by atoms with Crippen LogP contribution in [0.5, 0.6) is 0 Å². The first-order valence-electron chi connectivity index (χ1n) is 6.63. The Balaban J connectivity index is 0.000000427. The minimum atomic E-state index is -0.454. The van der Waals surface area contributed by atoms with Crippen LogP contribution in [0.2, 0.25) is 0 Å². The highest BCUT2D eigenvalue weighted by molar-refractivity contribution is 5.16. The van der Waals surface area contributed by atoms with Crippen molar-refractivity contribution >= 4 is 0 Å². The molecule has 1 saturated heterocycles. The summed E-state index contributed by atoms with van der Waals surface area (Å²) < 4.78 is 10.9. The third-order valence-electron chi connectivity index (χ3n) is 2.46. The fourth-order valence-corrected chi connectivity index (χ4v) is 1.38. The Morgan fingerprint density at radius 3 is 1.95 bits per heavy atom. The number of benzene rings is 1. The normalized spacial score (nSPS) is 20.9. The molecule has 1 aromatic rings. The molecule has 0 atom stereocenters. The number of nitrogens with two attached hydrogens (primary N) is 2. The Kier molecular flexibility index (Phi) is 12.0. The van der Waals surface area contributed by atoms with Gasteiger partial charge in [-0.3, -0.25) is 0 Å². The molecular formula is C14H26N2O5. The van der Waals surface area contributed by atoms with Crippen molar-refractivity contribution in [3.8, 4) is 0 Å². The Morgan fingerprint density at radius 1 is 1.10 bits per heavy atom. The van der Waals surface area contributed by atoms with Gasteiger partial charge in [-0.15, -0.1) is 0 Å². The third-order valence-corrected chi connectivity index (χ3v) is 2.46. The molecule has 7 nitrogen and oxygen atoms in total. The van der Waals surface area contributed by atoms with E-state index in [-0.39, 0.29) is 25.5 Å². The number of ether oxygens (including phenoxy) is 2. The highest BCUT2D eigenvalue weighted by Crippen LogP contribution is 2.21. The fourth-order valence-electron chi connectivity index (χ4n) is 1.38. The summed E-state index contributed by atoms with van der Waals surface area (Å²) in [5.74, 6) is 0. The van der Waals surface area contributed by atoms with Gasteiger partial charge >= 0.3 is 0 Å². The van der Waals surface area contributed by atoms with Crippen LogP contribution in [-0.4, -0.2) is 60.9 Å². The van der Waals surface area contributed by atoms with E-state index in [0.29, 0.717) is 13.2 Å². The average molecular weight is 302 g/mol. The summed E-state index contributed by atoms with van der Waals surface area (Å²) >= 11 is 0. The van der Waals surface area contributed by atoms with Gasteiger partial charge in [0.05, 0.1) is 38.5 Å². The zero-order valence-corrected chi connectivity index (χ0v) is 12.3. The van der Waals surface area contributed by atoms with E-state index in [2.05, 4.69) is 0 Å². The van der Waals surface area contributed by atoms with Gasteiger partial charge in [0.2, 0.25) is 0 Å². The van der Waals surface area contributed by atoms with E-state index in [1.165, 1.54) is 0 Å². The Bertz CT molecular complexity index is 327. The molecule has 1 aliphatic rings. The predicted molar refractivity (Wildman–Crippen MR) is 79.4 cm³/mol. The van der Waals surface area contributed by atoms with E-state index in [0.717, 1.165) is 12.7 Å². The summed E-state index contributed by atoms with van der Waals surface area (Å²) in [6, 6.07) is 9.44. The van der Waals surface area contributed by atoms with Crippen molar-refractivity contribution in [2.75, 3.05) is 33.5 Å². The van der Waals surface area contributed by atoms with Gasteiger partial charge in [-0.1, -0.05) is 30.3 Å². The number of aliphatic hydroxyl groups excluding tert-OH is 3. The van der Waals surface area contributed by atoms with Crippen molar-refractivity contribution in [3.63, 3.8) is 0 Å². The molecule has 122 valence electrons. The highest BCUT2D eigenvalue weighted by Gasteiger charge is 2.20. The molecule has 0 amide bonds. The summed E-state index contributed by atoms with van der Waals surface area (Å²) in [6.07, 6.45) is -0.235. The summed E-state index contributed by atoms with van der Waals surface area (Å²) in [5, 5.41) is 23.1. The maximum Gasteiger partial charge on any atom is 0.183 e. The van der Waals surface area contributed by atoms with E-state index in [1.54, 1.807) is 0 Å². The molecule has 1 heterocycles. The molecule has 0 spiro atoms. The summed E-state index contributed by atoms with van der Waals surface area (Å²) in [4.78, 5) is 0. The molecule has 7 heteroatoms. The lowest BCUT2D eigenvalue weighted by atomic mass is 10.2. The molecule has 0 bridgehead atoms. The van der Waals surface area contributed by atoms with Crippen LogP contribution in [0.3, 0.4) is 0 Å². The molecule has 1 aromatic carbocycles. The van der Waals surface area contributed by atoms with E-state index >= 15 is 0 Å². The van der Waals surface area contributed by atoms with Gasteiger partial charge in [-0.25, -0.2) is 0 Å². The second kappa shape index (κ2) is 12.7. The van der Waals surface area contributed by atoms with Crippen LogP contribution in [0.15, 0.2) is 30.3 Å². The van der Waals surface area contributed by atoms with Crippen molar-refractivity contribution in [1.29, 1.82) is 0 Å². The molecule has 2 rings (SSSR count). The molecule has 7 N–H and O–H groups in total. The van der Waals surface area contributed by atoms with Gasteiger partial charge in [0.1, 0.15) is 0 Å². The lowest BCUT2D eigenvalue weighted by molar-refractivity contribution is -0.189. The number of aliphatic hydroxyl groups is 3. The molecular weight excluding hydrogens is 276 g/mol. The first kappa shape index (κ1) is 19.9. The Labute approximate surface area is 125 Å². The van der Waals surface area contributed by atoms with Crippen LogP contribution in [0.1, 0.15) is 11.9 Å². The molecule has 0 aromatic heterocycles. The monoisotopic (exact) mass is 302 g/mol. The van der Waals surface area contributed by atoms with Gasteiger partial charge in [-0.2, -0.15) is 0 Å². The van der Waals surface area contributed by atoms with Crippen molar-refractivity contribution in [2.45, 2.75) is 18.4 Å². The van der Waals surface area contributed by atoms with E-state index in [9.17, 15) is 0 Å². The highest BCUT2D eigenvalue weighted by atomic mass is 16.7. The van der Waals surface area contributed by atoms with Crippen molar-refractivity contribution in [2.24, 2.45) is 11.5 Å². The summed E-state index contributed by atoms with van der Waals surface area (Å²) in [6.45, 7) is 0.853. The van der Waals surface area contributed by atoms with Gasteiger partial charge in [0.15, 0.2) is 6.29 Å². The van der Waals surface area contributed by atoms with Crippen LogP contribution in [0.25, 0.3) is 0 Å². The minimum Gasteiger partial charge on any atom is -0.400 e. The third kappa shape index (κ3) is 8.74. The zero-order valence-electron chi connectivity index (χ0n) is 12.3. The van der Waals surface area contributed by atoms with Gasteiger partial charge in [0.25, 0.3) is 0 Å². The SMILES string of the molecule is CO.NC(CO)CO.NC1COC(c2ccccc2)OC1. The molecule has 0 aliphatic carbocycles. The van der Waals surface area contributed by atoms with Crippen LogP contribution in [0, 0.1) is 0 Å². The first-order chi connectivity index (χ1) is 10.2. The lowest BCUT2D eigenvalue weighted by Crippen LogP contribution is -2.37. The molecule has 0 radical (unpaired) electrons. The largest absolute Gasteiger partial charge is 0.400 e. The standard InChI is InChI=1S/C10H13NO2.C3H9NO2.CH4O/c11-9-6-12-10(13-7-9)8-4-2-1-3-5-8;4-3(1-5)2-6;1-2/h1-5,9-10H,6-7,11H2;3,5-6H,1-2,4H2;2H,1H3. The Morgan fingerprint density at radius 2 is 1.57 bits per heavy atom. The van der Waals surface area contributed by atoms with E-state index in [4.69, 9.17) is 36.3 Å². The van der Waals surface area contributed by atoms with Crippen molar-refractivity contribution < 1.29 is 24.8 Å². The second-order valence-corrected chi connectivity index (χ2v) is 4.29. The smallest absolute Gasteiger partial charge is 0.183 e. The van der Waals surface area contributed by atoms with Crippen LogP contribution < -0.4 is 11.5 Å². The zero-order chi connectivity index (χ0) is 16.1. The van der Waals surface area contributed by atoms with Gasteiger partial charge < -0.3 is 36.3 Å². The molecule has 21 heavy (non-hydrogen) atoms. The lowest BCUT2D eigenvalue weighted by Gasteiger charge is -2.27. The summed E-state index contributed by atoms with van der Waals surface area (Å²) in [5.41, 5.74) is 11.6. The van der Waals surface area contributed by atoms with Crippen LogP contribution in [0.4, 0.5) is 0 Å². The maximum atomic E-state index is 8.05. The predicted octanol–water partition coefficient (Wildman–Crippen LogP) is -1.03. The van der Waals surface area contributed by atoms with E-state index in [1.807, 2.05) is 30.3 Å². The molecule has 1 fully saturated rings. The number of hydrogen-bond acceptors (Lipinski definition) is 7. The fraction of sp³-hybridized carbons (Fsp3) is 0.571. The van der Waals surface area contributed by atoms with Gasteiger partial charge in [0, 0.05) is 12.7 Å². The molecule has 0 unspecified atom stereocenters. The maximum absolute atomic E-state index is 8.05. The summed E-state index contributed by atoms with van der Waals surface area (Å²) in [7, 11) is 1.00. The van der Waals surface area contributed by atoms with Crippen LogP contribution in [-0.2, 0) is 9.47 Å². The Hall–Kier alpha value is -1.06. The first-order valence-corrected chi connectivity index (χ1v) is 6.63. The topological polar surface area (TPSA) is 131 Å². The average Bonchev–Trinajstić information content (AvgIpc) is 2.58. The van der Waals surface area contributed by atoms with Crippen molar-refractivity contribution in [3.05, 3.63) is 35.9 Å². The number of hydrogen-bond donors (Lipinski definition) is 5.